The van der Waals surface area contributed by atoms with Crippen molar-refractivity contribution in [2.75, 3.05) is 19.1 Å². The molecule has 1 N–H and O–H groups in total. The van der Waals surface area contributed by atoms with E-state index in [1.54, 1.807) is 18.2 Å². The smallest absolute Gasteiger partial charge is 0.416 e. The van der Waals surface area contributed by atoms with Crippen molar-refractivity contribution in [1.82, 2.24) is 0 Å². The summed E-state index contributed by atoms with van der Waals surface area (Å²) in [5.74, 6) is -0.880. The minimum atomic E-state index is -1.52. The summed E-state index contributed by atoms with van der Waals surface area (Å²) in [6.07, 6.45) is -2.32. The number of nitriles is 1. The summed E-state index contributed by atoms with van der Waals surface area (Å²) < 4.78 is 9.35. The van der Waals surface area contributed by atoms with Crippen molar-refractivity contribution in [3.8, 4) is 6.07 Å². The molecule has 7 heteroatoms. The van der Waals surface area contributed by atoms with E-state index in [-0.39, 0.29) is 16.6 Å². The lowest BCUT2D eigenvalue weighted by Gasteiger charge is -2.23. The molecule has 0 spiro atoms. The molecule has 25 heavy (non-hydrogen) atoms. The monoisotopic (exact) mass is 344 g/mol. The number of methoxy groups -OCH3 is 2. The Bertz CT molecular complexity index is 799. The van der Waals surface area contributed by atoms with Crippen LogP contribution in [-0.2, 0) is 19.7 Å². The first kappa shape index (κ1) is 18.5. The van der Waals surface area contributed by atoms with Gasteiger partial charge in [-0.15, -0.1) is 0 Å². The first-order valence-corrected chi connectivity index (χ1v) is 7.60. The highest BCUT2D eigenvalue weighted by molar-refractivity contribution is 6.09. The average molecular weight is 344 g/mol. The third-order valence-electron chi connectivity index (χ3n) is 4.06. The Morgan fingerprint density at radius 1 is 1.24 bits per heavy atom. The van der Waals surface area contributed by atoms with Crippen LogP contribution in [-0.4, -0.2) is 37.6 Å². The molecule has 1 heterocycles. The molecule has 0 saturated heterocycles. The van der Waals surface area contributed by atoms with Crippen molar-refractivity contribution in [3.63, 3.8) is 0 Å². The molecule has 0 fully saturated rings. The number of aliphatic hydroxyl groups excluding tert-OH is 1. The van der Waals surface area contributed by atoms with Crippen molar-refractivity contribution in [3.05, 3.63) is 34.9 Å². The van der Waals surface area contributed by atoms with Crippen molar-refractivity contribution in [2.24, 2.45) is 0 Å². The Morgan fingerprint density at radius 2 is 1.88 bits per heavy atom. The number of esters is 1. The van der Waals surface area contributed by atoms with E-state index >= 15 is 0 Å². The fourth-order valence-electron chi connectivity index (χ4n) is 2.70. The Labute approximate surface area is 146 Å². The predicted octanol–water partition coefficient (Wildman–Crippen LogP) is 2.34. The van der Waals surface area contributed by atoms with Crippen LogP contribution in [0.1, 0.15) is 31.9 Å². The fourth-order valence-corrected chi connectivity index (χ4v) is 2.70. The van der Waals surface area contributed by atoms with E-state index in [0.717, 1.165) is 17.6 Å². The molecule has 0 aliphatic carbocycles. The highest BCUT2D eigenvalue weighted by atomic mass is 16.5. The first-order chi connectivity index (χ1) is 11.7. The summed E-state index contributed by atoms with van der Waals surface area (Å²) >= 11 is 0. The molecule has 1 amide bonds. The summed E-state index contributed by atoms with van der Waals surface area (Å²) in [4.78, 5) is 25.1. The van der Waals surface area contributed by atoms with Crippen molar-refractivity contribution in [2.45, 2.75) is 32.4 Å². The molecule has 1 aromatic rings. The second-order valence-corrected chi connectivity index (χ2v) is 6.59. The van der Waals surface area contributed by atoms with Gasteiger partial charge < -0.3 is 14.6 Å². The second-order valence-electron chi connectivity index (χ2n) is 6.59. The zero-order valence-corrected chi connectivity index (χ0v) is 14.8. The van der Waals surface area contributed by atoms with Gasteiger partial charge in [-0.1, -0.05) is 32.9 Å². The summed E-state index contributed by atoms with van der Waals surface area (Å²) in [7, 11) is 2.33. The van der Waals surface area contributed by atoms with Crippen LogP contribution in [0.3, 0.4) is 0 Å². The van der Waals surface area contributed by atoms with Gasteiger partial charge in [-0.3, -0.25) is 0 Å². The Balaban J connectivity index is 2.79. The van der Waals surface area contributed by atoms with Gasteiger partial charge in [-0.25, -0.2) is 14.5 Å². The second kappa shape index (κ2) is 6.57. The minimum Gasteiger partial charge on any atom is -0.465 e. The maximum atomic E-state index is 12.2. The minimum absolute atomic E-state index is 0.0233. The molecule has 2 rings (SSSR count). The summed E-state index contributed by atoms with van der Waals surface area (Å²) in [6, 6.07) is 7.01. The van der Waals surface area contributed by atoms with E-state index in [0.29, 0.717) is 11.3 Å². The van der Waals surface area contributed by atoms with Gasteiger partial charge in [0.25, 0.3) is 0 Å². The van der Waals surface area contributed by atoms with Gasteiger partial charge in [0.05, 0.1) is 19.9 Å². The highest BCUT2D eigenvalue weighted by Crippen LogP contribution is 2.43. The Hall–Kier alpha value is -2.85. The standard InChI is InChI=1S/C18H20N2O5/c1-18(2,3)10-6-7-11-13(8-10)20(17(23)25-5)15(21)14(11)12(9-19)16(22)24-4/h6-8,15,21H,1-5H3/b14-12-/t15-/m1/s1. The molecule has 1 aromatic carbocycles. The van der Waals surface area contributed by atoms with Crippen molar-refractivity contribution in [1.29, 1.82) is 5.26 Å². The van der Waals surface area contributed by atoms with E-state index in [2.05, 4.69) is 4.74 Å². The topological polar surface area (TPSA) is 99.9 Å². The number of amides is 1. The van der Waals surface area contributed by atoms with Gasteiger partial charge in [0.15, 0.2) is 6.23 Å². The highest BCUT2D eigenvalue weighted by Gasteiger charge is 2.41. The summed E-state index contributed by atoms with van der Waals surface area (Å²) in [6.45, 7) is 6.03. The number of aliphatic hydroxyl groups is 1. The van der Waals surface area contributed by atoms with Gasteiger partial charge in [-0.2, -0.15) is 5.26 Å². The molecule has 1 aliphatic heterocycles. The van der Waals surface area contributed by atoms with E-state index in [1.807, 2.05) is 26.8 Å². The SMILES string of the molecule is COC(=O)/C(C#N)=C1/c2ccc(C(C)(C)C)cc2N(C(=O)OC)[C@@H]1O. The number of hydrogen-bond donors (Lipinski definition) is 1. The van der Waals surface area contributed by atoms with Gasteiger partial charge >= 0.3 is 12.1 Å². The van der Waals surface area contributed by atoms with E-state index in [4.69, 9.17) is 4.74 Å². The third kappa shape index (κ3) is 3.08. The largest absolute Gasteiger partial charge is 0.465 e. The molecular formula is C18H20N2O5. The molecule has 7 nitrogen and oxygen atoms in total. The van der Waals surface area contributed by atoms with E-state index in [1.165, 1.54) is 7.11 Å². The van der Waals surface area contributed by atoms with Crippen LogP contribution in [0.2, 0.25) is 0 Å². The van der Waals surface area contributed by atoms with E-state index in [9.17, 15) is 20.0 Å². The van der Waals surface area contributed by atoms with Crippen molar-refractivity contribution >= 4 is 23.3 Å². The summed E-state index contributed by atoms with van der Waals surface area (Å²) in [5.41, 5.74) is 1.17. The Morgan fingerprint density at radius 3 is 2.36 bits per heavy atom. The van der Waals surface area contributed by atoms with Gasteiger partial charge in [-0.05, 0) is 17.0 Å². The van der Waals surface area contributed by atoms with Gasteiger partial charge in [0.1, 0.15) is 11.6 Å². The zero-order chi connectivity index (χ0) is 18.9. The maximum absolute atomic E-state index is 12.2. The molecule has 1 aliphatic rings. The van der Waals surface area contributed by atoms with Crippen LogP contribution < -0.4 is 4.90 Å². The lowest BCUT2D eigenvalue weighted by Crippen LogP contribution is -2.37. The van der Waals surface area contributed by atoms with Crippen LogP contribution in [0.5, 0.6) is 0 Å². The molecule has 132 valence electrons. The van der Waals surface area contributed by atoms with Crippen molar-refractivity contribution < 1.29 is 24.2 Å². The fraction of sp³-hybridized carbons (Fsp3) is 0.389. The number of nitrogens with zero attached hydrogens (tertiary/aromatic N) is 2. The number of carbonyl (C=O) groups is 2. The lowest BCUT2D eigenvalue weighted by atomic mass is 9.85. The molecule has 0 unspecified atom stereocenters. The molecule has 1 atom stereocenters. The lowest BCUT2D eigenvalue weighted by molar-refractivity contribution is -0.135. The zero-order valence-electron chi connectivity index (χ0n) is 14.8. The van der Waals surface area contributed by atoms with Gasteiger partial charge in [0.2, 0.25) is 0 Å². The molecule has 0 bridgehead atoms. The number of ether oxygens (including phenoxy) is 2. The van der Waals surface area contributed by atoms with Crippen LogP contribution in [0.15, 0.2) is 23.8 Å². The molecule has 0 radical (unpaired) electrons. The molecule has 0 aromatic heterocycles. The number of hydrogen-bond acceptors (Lipinski definition) is 6. The summed E-state index contributed by atoms with van der Waals surface area (Å²) in [5, 5.41) is 20.0. The number of rotatable bonds is 1. The quantitative estimate of drug-likeness (QED) is 0.477. The number of fused-ring (bicyclic) bond motifs is 1. The average Bonchev–Trinajstić information content (AvgIpc) is 2.85. The van der Waals surface area contributed by atoms with Crippen LogP contribution in [0, 0.1) is 11.3 Å². The maximum Gasteiger partial charge on any atom is 0.416 e. The van der Waals surface area contributed by atoms with Crippen LogP contribution in [0.4, 0.5) is 10.5 Å². The van der Waals surface area contributed by atoms with Crippen LogP contribution >= 0.6 is 0 Å². The number of anilines is 1. The number of carbonyl (C=O) groups excluding carboxylic acids is 2. The van der Waals surface area contributed by atoms with Gasteiger partial charge in [0, 0.05) is 11.1 Å². The normalized spacial score (nSPS) is 18.3. The van der Waals surface area contributed by atoms with Crippen LogP contribution in [0.25, 0.3) is 5.57 Å². The van der Waals surface area contributed by atoms with E-state index < -0.39 is 18.3 Å². The third-order valence-corrected chi connectivity index (χ3v) is 4.06. The first-order valence-electron chi connectivity index (χ1n) is 7.60. The predicted molar refractivity (Wildman–Crippen MR) is 90.6 cm³/mol. The number of benzene rings is 1. The Kier molecular flexibility index (Phi) is 4.86. The molecular weight excluding hydrogens is 324 g/mol. The molecule has 0 saturated carbocycles.